The largest absolute Gasteiger partial charge is 0.493 e. The van der Waals surface area contributed by atoms with E-state index in [-0.39, 0.29) is 24.8 Å². The number of hydrogen-bond donors (Lipinski definition) is 2. The van der Waals surface area contributed by atoms with Crippen molar-refractivity contribution in [2.24, 2.45) is 5.92 Å². The molecule has 0 aromatic heterocycles. The molecule has 0 aliphatic carbocycles. The van der Waals surface area contributed by atoms with Crippen LogP contribution in [-0.2, 0) is 16.2 Å². The van der Waals surface area contributed by atoms with Crippen molar-refractivity contribution in [2.75, 3.05) is 24.0 Å². The Hall–Kier alpha value is -3.42. The zero-order valence-electron chi connectivity index (χ0n) is 18.4. The molecule has 3 aromatic carbocycles. The van der Waals surface area contributed by atoms with Gasteiger partial charge in [0.05, 0.1) is 28.8 Å². The number of nitrogens with zero attached hydrogens (tertiary/aromatic N) is 1. The maximum atomic E-state index is 12.8. The van der Waals surface area contributed by atoms with Gasteiger partial charge in [-0.05, 0) is 42.0 Å². The lowest BCUT2D eigenvalue weighted by Crippen LogP contribution is -2.36. The molecule has 9 heteroatoms. The van der Waals surface area contributed by atoms with Gasteiger partial charge >= 0.3 is 0 Å². The number of anilines is 2. The number of ether oxygens (including phenoxy) is 2. The fourth-order valence-electron chi connectivity index (χ4n) is 3.68. The SMILES string of the molecule is COc1cccc(NNC(=O)[C@@H]2CC(=O)N(c3ccccc3)C2)c1OCc1ccc(Cl)c(Cl)c1. The molecule has 4 rings (SSSR count). The Morgan fingerprint density at radius 2 is 1.85 bits per heavy atom. The van der Waals surface area contributed by atoms with Crippen molar-refractivity contribution in [3.05, 3.63) is 82.3 Å². The highest BCUT2D eigenvalue weighted by Crippen LogP contribution is 2.36. The summed E-state index contributed by atoms with van der Waals surface area (Å²) in [5, 5.41) is 0.896. The smallest absolute Gasteiger partial charge is 0.243 e. The summed E-state index contributed by atoms with van der Waals surface area (Å²) in [5.41, 5.74) is 7.72. The minimum atomic E-state index is -0.480. The number of hydrazine groups is 1. The molecule has 0 spiro atoms. The van der Waals surface area contributed by atoms with E-state index in [0.29, 0.717) is 33.8 Å². The molecule has 3 aromatic rings. The Labute approximate surface area is 207 Å². The Balaban J connectivity index is 1.42. The molecule has 1 fully saturated rings. The predicted octanol–water partition coefficient (Wildman–Crippen LogP) is 5.08. The molecule has 1 aliphatic rings. The molecule has 34 heavy (non-hydrogen) atoms. The summed E-state index contributed by atoms with van der Waals surface area (Å²) in [6, 6.07) is 19.8. The number of methoxy groups -OCH3 is 1. The molecule has 1 aliphatic heterocycles. The van der Waals surface area contributed by atoms with E-state index in [4.69, 9.17) is 32.7 Å². The van der Waals surface area contributed by atoms with Crippen LogP contribution in [0.3, 0.4) is 0 Å². The topological polar surface area (TPSA) is 79.9 Å². The van der Waals surface area contributed by atoms with E-state index >= 15 is 0 Å². The second-order valence-electron chi connectivity index (χ2n) is 7.73. The Bertz CT molecular complexity index is 1190. The van der Waals surface area contributed by atoms with E-state index in [1.165, 1.54) is 7.11 Å². The molecule has 2 amide bonds. The first kappa shape index (κ1) is 23.7. The lowest BCUT2D eigenvalue weighted by Gasteiger charge is -2.19. The first-order chi connectivity index (χ1) is 16.5. The van der Waals surface area contributed by atoms with Crippen LogP contribution < -0.4 is 25.2 Å². The molecule has 0 bridgehead atoms. The average molecular weight is 500 g/mol. The molecule has 1 heterocycles. The third-order valence-electron chi connectivity index (χ3n) is 5.45. The van der Waals surface area contributed by atoms with Crippen LogP contribution in [0.4, 0.5) is 11.4 Å². The lowest BCUT2D eigenvalue weighted by molar-refractivity contribution is -0.125. The number of para-hydroxylation sites is 2. The average Bonchev–Trinajstić information content (AvgIpc) is 3.25. The molecular weight excluding hydrogens is 477 g/mol. The van der Waals surface area contributed by atoms with Gasteiger partial charge in [-0.15, -0.1) is 0 Å². The van der Waals surface area contributed by atoms with Gasteiger partial charge in [-0.25, -0.2) is 0 Å². The maximum absolute atomic E-state index is 12.8. The summed E-state index contributed by atoms with van der Waals surface area (Å²) in [6.45, 7) is 0.526. The third-order valence-corrected chi connectivity index (χ3v) is 6.19. The molecule has 0 radical (unpaired) electrons. The fourth-order valence-corrected chi connectivity index (χ4v) is 4.00. The van der Waals surface area contributed by atoms with Gasteiger partial charge in [-0.1, -0.05) is 53.5 Å². The van der Waals surface area contributed by atoms with Crippen LogP contribution >= 0.6 is 23.2 Å². The van der Waals surface area contributed by atoms with Crippen molar-refractivity contribution in [2.45, 2.75) is 13.0 Å². The predicted molar refractivity (Wildman–Crippen MR) is 132 cm³/mol. The summed E-state index contributed by atoms with van der Waals surface area (Å²) < 4.78 is 11.4. The van der Waals surface area contributed by atoms with Crippen molar-refractivity contribution in [1.82, 2.24) is 5.43 Å². The lowest BCUT2D eigenvalue weighted by atomic mass is 10.1. The van der Waals surface area contributed by atoms with E-state index in [2.05, 4.69) is 10.9 Å². The minimum Gasteiger partial charge on any atom is -0.493 e. The summed E-state index contributed by atoms with van der Waals surface area (Å²) in [4.78, 5) is 26.9. The van der Waals surface area contributed by atoms with Gasteiger partial charge in [-0.2, -0.15) is 0 Å². The number of carbonyl (C=O) groups excluding carboxylic acids is 2. The van der Waals surface area contributed by atoms with Crippen molar-refractivity contribution in [3.63, 3.8) is 0 Å². The van der Waals surface area contributed by atoms with Crippen LogP contribution in [-0.4, -0.2) is 25.5 Å². The van der Waals surface area contributed by atoms with Crippen molar-refractivity contribution >= 4 is 46.4 Å². The zero-order chi connectivity index (χ0) is 24.1. The molecule has 1 saturated heterocycles. The first-order valence-corrected chi connectivity index (χ1v) is 11.4. The van der Waals surface area contributed by atoms with Crippen molar-refractivity contribution in [1.29, 1.82) is 0 Å². The highest BCUT2D eigenvalue weighted by atomic mass is 35.5. The van der Waals surface area contributed by atoms with Gasteiger partial charge in [-0.3, -0.25) is 20.4 Å². The Kier molecular flexibility index (Phi) is 7.45. The van der Waals surface area contributed by atoms with Gasteiger partial charge < -0.3 is 14.4 Å². The number of rotatable bonds is 8. The second kappa shape index (κ2) is 10.7. The number of halogens is 2. The zero-order valence-corrected chi connectivity index (χ0v) is 19.9. The number of nitrogens with one attached hydrogen (secondary N) is 2. The van der Waals surface area contributed by atoms with Crippen LogP contribution in [0.1, 0.15) is 12.0 Å². The van der Waals surface area contributed by atoms with Crippen molar-refractivity contribution in [3.8, 4) is 11.5 Å². The monoisotopic (exact) mass is 499 g/mol. The van der Waals surface area contributed by atoms with E-state index in [9.17, 15) is 9.59 Å². The van der Waals surface area contributed by atoms with Crippen LogP contribution in [0, 0.1) is 5.92 Å². The number of hydrogen-bond acceptors (Lipinski definition) is 5. The Morgan fingerprint density at radius 1 is 1.06 bits per heavy atom. The molecule has 0 unspecified atom stereocenters. The second-order valence-corrected chi connectivity index (χ2v) is 8.54. The number of carbonyl (C=O) groups is 2. The summed E-state index contributed by atoms with van der Waals surface area (Å²) in [7, 11) is 1.53. The molecular formula is C25H23Cl2N3O4. The fraction of sp³-hybridized carbons (Fsp3) is 0.200. The van der Waals surface area contributed by atoms with Gasteiger partial charge in [0.2, 0.25) is 11.8 Å². The quantitative estimate of drug-likeness (QED) is 0.422. The van der Waals surface area contributed by atoms with Gasteiger partial charge in [0.15, 0.2) is 11.5 Å². The summed E-state index contributed by atoms with van der Waals surface area (Å²) in [6.07, 6.45) is 0.140. The third kappa shape index (κ3) is 5.38. The minimum absolute atomic E-state index is 0.0848. The number of benzene rings is 3. The maximum Gasteiger partial charge on any atom is 0.243 e. The van der Waals surface area contributed by atoms with Crippen LogP contribution in [0.2, 0.25) is 10.0 Å². The van der Waals surface area contributed by atoms with E-state index in [1.54, 1.807) is 35.2 Å². The standard InChI is InChI=1S/C25H23Cl2N3O4/c1-33-22-9-5-8-21(24(22)34-15-16-10-11-19(26)20(27)12-16)28-29-25(32)17-13-23(31)30(14-17)18-6-3-2-4-7-18/h2-12,17,28H,13-15H2,1H3,(H,29,32)/t17-/m1/s1. The molecule has 176 valence electrons. The van der Waals surface area contributed by atoms with Crippen molar-refractivity contribution < 1.29 is 19.1 Å². The van der Waals surface area contributed by atoms with Crippen LogP contribution in [0.25, 0.3) is 0 Å². The summed E-state index contributed by atoms with van der Waals surface area (Å²) >= 11 is 12.1. The Morgan fingerprint density at radius 3 is 2.59 bits per heavy atom. The van der Waals surface area contributed by atoms with Gasteiger partial charge in [0.1, 0.15) is 6.61 Å². The highest BCUT2D eigenvalue weighted by Gasteiger charge is 2.35. The van der Waals surface area contributed by atoms with E-state index < -0.39 is 5.92 Å². The summed E-state index contributed by atoms with van der Waals surface area (Å²) in [5.74, 6) is 0.0604. The molecule has 7 nitrogen and oxygen atoms in total. The molecule has 1 atom stereocenters. The van der Waals surface area contributed by atoms with E-state index in [0.717, 1.165) is 11.3 Å². The first-order valence-electron chi connectivity index (χ1n) is 10.6. The van der Waals surface area contributed by atoms with Crippen LogP contribution in [0.5, 0.6) is 11.5 Å². The normalized spacial score (nSPS) is 15.2. The highest BCUT2D eigenvalue weighted by molar-refractivity contribution is 6.42. The van der Waals surface area contributed by atoms with Gasteiger partial charge in [0.25, 0.3) is 0 Å². The molecule has 0 saturated carbocycles. The number of amides is 2. The van der Waals surface area contributed by atoms with E-state index in [1.807, 2.05) is 36.4 Å². The van der Waals surface area contributed by atoms with Gasteiger partial charge in [0, 0.05) is 18.7 Å². The molecule has 2 N–H and O–H groups in total. The van der Waals surface area contributed by atoms with Crippen LogP contribution in [0.15, 0.2) is 66.7 Å².